The van der Waals surface area contributed by atoms with E-state index in [9.17, 15) is 8.42 Å². The van der Waals surface area contributed by atoms with Crippen molar-refractivity contribution in [3.8, 4) is 0 Å². The molecule has 0 fully saturated rings. The highest BCUT2D eigenvalue weighted by Crippen LogP contribution is 2.27. The zero-order valence-corrected chi connectivity index (χ0v) is 12.0. The summed E-state index contributed by atoms with van der Waals surface area (Å²) in [5.74, 6) is 0. The second kappa shape index (κ2) is 6.17. The summed E-state index contributed by atoms with van der Waals surface area (Å²) in [6.45, 7) is 0. The lowest BCUT2D eigenvalue weighted by Gasteiger charge is -2.25. The zero-order chi connectivity index (χ0) is 14.6. The number of rotatable bonds is 5. The zero-order valence-electron chi connectivity index (χ0n) is 11.2. The van der Waals surface area contributed by atoms with Crippen molar-refractivity contribution in [3.05, 3.63) is 71.8 Å². The molecule has 3 N–H and O–H groups in total. The number of hydrogen-bond acceptors (Lipinski definition) is 3. The summed E-state index contributed by atoms with van der Waals surface area (Å²) < 4.78 is 25.8. The van der Waals surface area contributed by atoms with Crippen molar-refractivity contribution in [2.45, 2.75) is 12.1 Å². The first kappa shape index (κ1) is 14.7. The van der Waals surface area contributed by atoms with Crippen LogP contribution in [0, 0.1) is 0 Å². The quantitative estimate of drug-likeness (QED) is 0.884. The SMILES string of the molecule is CS(=O)(=O)N[C@@H](c1ccccc1)[C@@H](N)c1ccccc1. The van der Waals surface area contributed by atoms with Crippen LogP contribution in [0.5, 0.6) is 0 Å². The average molecular weight is 290 g/mol. The van der Waals surface area contributed by atoms with Gasteiger partial charge in [0.2, 0.25) is 10.0 Å². The first-order chi connectivity index (χ1) is 9.47. The molecule has 2 rings (SSSR count). The van der Waals surface area contributed by atoms with E-state index in [1.165, 1.54) is 0 Å². The molecule has 0 aromatic heterocycles. The number of nitrogens with two attached hydrogens (primary N) is 1. The Morgan fingerprint density at radius 1 is 0.900 bits per heavy atom. The van der Waals surface area contributed by atoms with Crippen molar-refractivity contribution in [1.82, 2.24) is 4.72 Å². The molecular weight excluding hydrogens is 272 g/mol. The first-order valence-electron chi connectivity index (χ1n) is 6.30. The van der Waals surface area contributed by atoms with E-state index in [-0.39, 0.29) is 0 Å². The van der Waals surface area contributed by atoms with Crippen LogP contribution in [0.1, 0.15) is 23.2 Å². The van der Waals surface area contributed by atoms with Gasteiger partial charge >= 0.3 is 0 Å². The lowest BCUT2D eigenvalue weighted by molar-refractivity contribution is 0.507. The van der Waals surface area contributed by atoms with E-state index in [2.05, 4.69) is 4.72 Å². The Morgan fingerprint density at radius 2 is 1.35 bits per heavy atom. The topological polar surface area (TPSA) is 72.2 Å². The van der Waals surface area contributed by atoms with Crippen LogP contribution in [0.3, 0.4) is 0 Å². The molecule has 4 nitrogen and oxygen atoms in total. The van der Waals surface area contributed by atoms with Crippen LogP contribution in [-0.4, -0.2) is 14.7 Å². The third-order valence-electron chi connectivity index (χ3n) is 3.04. The van der Waals surface area contributed by atoms with Gasteiger partial charge in [-0.05, 0) is 11.1 Å². The third kappa shape index (κ3) is 3.90. The van der Waals surface area contributed by atoms with Crippen molar-refractivity contribution in [3.63, 3.8) is 0 Å². The number of benzene rings is 2. The molecule has 0 aliphatic carbocycles. The van der Waals surface area contributed by atoms with Gasteiger partial charge in [0.1, 0.15) is 0 Å². The van der Waals surface area contributed by atoms with E-state index in [1.807, 2.05) is 60.7 Å². The molecule has 0 bridgehead atoms. The highest BCUT2D eigenvalue weighted by Gasteiger charge is 2.24. The maximum atomic E-state index is 11.6. The number of sulfonamides is 1. The molecule has 0 aliphatic heterocycles. The second-order valence-electron chi connectivity index (χ2n) is 4.71. The molecule has 0 unspecified atom stereocenters. The summed E-state index contributed by atoms with van der Waals surface area (Å²) in [6.07, 6.45) is 1.14. The fourth-order valence-electron chi connectivity index (χ4n) is 2.11. The Labute approximate surface area is 119 Å². The predicted octanol–water partition coefficient (Wildman–Crippen LogP) is 1.98. The molecule has 2 atom stereocenters. The van der Waals surface area contributed by atoms with Crippen LogP contribution in [-0.2, 0) is 10.0 Å². The Bertz CT molecular complexity index is 642. The van der Waals surface area contributed by atoms with Gasteiger partial charge in [-0.2, -0.15) is 0 Å². The Morgan fingerprint density at radius 3 is 1.80 bits per heavy atom. The molecule has 0 amide bonds. The largest absolute Gasteiger partial charge is 0.322 e. The maximum Gasteiger partial charge on any atom is 0.209 e. The van der Waals surface area contributed by atoms with Crippen LogP contribution in [0.15, 0.2) is 60.7 Å². The van der Waals surface area contributed by atoms with Crippen LogP contribution >= 0.6 is 0 Å². The normalized spacial score (nSPS) is 14.7. The monoisotopic (exact) mass is 290 g/mol. The maximum absolute atomic E-state index is 11.6. The minimum atomic E-state index is -3.35. The van der Waals surface area contributed by atoms with Gasteiger partial charge in [-0.3, -0.25) is 0 Å². The van der Waals surface area contributed by atoms with Gasteiger partial charge in [-0.25, -0.2) is 13.1 Å². The average Bonchev–Trinajstić information content (AvgIpc) is 2.45. The van der Waals surface area contributed by atoms with E-state index in [0.717, 1.165) is 17.4 Å². The molecule has 0 saturated carbocycles. The van der Waals surface area contributed by atoms with Gasteiger partial charge in [-0.1, -0.05) is 60.7 Å². The van der Waals surface area contributed by atoms with Crippen LogP contribution in [0.4, 0.5) is 0 Å². The molecular formula is C15H18N2O2S. The van der Waals surface area contributed by atoms with E-state index in [4.69, 9.17) is 5.73 Å². The fraction of sp³-hybridized carbons (Fsp3) is 0.200. The van der Waals surface area contributed by atoms with Crippen LogP contribution < -0.4 is 10.5 Å². The van der Waals surface area contributed by atoms with E-state index < -0.39 is 22.1 Å². The summed E-state index contributed by atoms with van der Waals surface area (Å²) in [5, 5.41) is 0. The molecule has 2 aromatic rings. The molecule has 0 heterocycles. The summed E-state index contributed by atoms with van der Waals surface area (Å²) in [7, 11) is -3.35. The highest BCUT2D eigenvalue weighted by molar-refractivity contribution is 7.88. The standard InChI is InChI=1S/C15H18N2O2S/c1-20(18,19)17-15(13-10-6-3-7-11-13)14(16)12-8-4-2-5-9-12/h2-11,14-15,17H,16H2,1H3/t14-,15-/m0/s1. The van der Waals surface area contributed by atoms with Gasteiger partial charge in [0.25, 0.3) is 0 Å². The van der Waals surface area contributed by atoms with Gasteiger partial charge in [0.05, 0.1) is 18.3 Å². The van der Waals surface area contributed by atoms with E-state index in [1.54, 1.807) is 0 Å². The summed E-state index contributed by atoms with van der Waals surface area (Å²) in [6, 6.07) is 17.9. The van der Waals surface area contributed by atoms with E-state index in [0.29, 0.717) is 0 Å². The van der Waals surface area contributed by atoms with Gasteiger partial charge in [-0.15, -0.1) is 0 Å². The van der Waals surface area contributed by atoms with Crippen LogP contribution in [0.2, 0.25) is 0 Å². The Kier molecular flexibility index (Phi) is 4.54. The first-order valence-corrected chi connectivity index (χ1v) is 8.19. The minimum Gasteiger partial charge on any atom is -0.322 e. The summed E-state index contributed by atoms with van der Waals surface area (Å²) in [4.78, 5) is 0. The van der Waals surface area contributed by atoms with Crippen molar-refractivity contribution in [2.24, 2.45) is 5.73 Å². The Balaban J connectivity index is 2.37. The lowest BCUT2D eigenvalue weighted by Crippen LogP contribution is -2.35. The van der Waals surface area contributed by atoms with Crippen molar-refractivity contribution >= 4 is 10.0 Å². The molecule has 0 saturated heterocycles. The molecule has 5 heteroatoms. The van der Waals surface area contributed by atoms with Crippen molar-refractivity contribution in [1.29, 1.82) is 0 Å². The summed E-state index contributed by atoms with van der Waals surface area (Å²) >= 11 is 0. The van der Waals surface area contributed by atoms with E-state index >= 15 is 0 Å². The van der Waals surface area contributed by atoms with Gasteiger partial charge in [0.15, 0.2) is 0 Å². The summed E-state index contributed by atoms with van der Waals surface area (Å²) in [5.41, 5.74) is 7.98. The van der Waals surface area contributed by atoms with Crippen LogP contribution in [0.25, 0.3) is 0 Å². The van der Waals surface area contributed by atoms with Crippen molar-refractivity contribution < 1.29 is 8.42 Å². The van der Waals surface area contributed by atoms with Gasteiger partial charge < -0.3 is 5.73 Å². The predicted molar refractivity (Wildman–Crippen MR) is 80.5 cm³/mol. The molecule has 20 heavy (non-hydrogen) atoms. The minimum absolute atomic E-state index is 0.451. The molecule has 0 aliphatic rings. The smallest absolute Gasteiger partial charge is 0.209 e. The molecule has 0 spiro atoms. The molecule has 0 radical (unpaired) electrons. The molecule has 2 aromatic carbocycles. The van der Waals surface area contributed by atoms with Gasteiger partial charge in [0, 0.05) is 0 Å². The fourth-order valence-corrected chi connectivity index (χ4v) is 2.85. The second-order valence-corrected chi connectivity index (χ2v) is 6.49. The van der Waals surface area contributed by atoms with Crippen molar-refractivity contribution in [2.75, 3.05) is 6.26 Å². The number of hydrogen-bond donors (Lipinski definition) is 2. The molecule has 106 valence electrons. The number of nitrogens with one attached hydrogen (secondary N) is 1. The lowest BCUT2D eigenvalue weighted by atomic mass is 9.95. The Hall–Kier alpha value is -1.69. The third-order valence-corrected chi connectivity index (χ3v) is 3.73. The highest BCUT2D eigenvalue weighted by atomic mass is 32.2.